The van der Waals surface area contributed by atoms with Crippen LogP contribution >= 0.6 is 15.9 Å². The van der Waals surface area contributed by atoms with Crippen molar-refractivity contribution in [1.82, 2.24) is 15.0 Å². The summed E-state index contributed by atoms with van der Waals surface area (Å²) >= 11 is 3.45. The van der Waals surface area contributed by atoms with E-state index in [1.165, 1.54) is 0 Å². The molecule has 4 rings (SSSR count). The van der Waals surface area contributed by atoms with Gasteiger partial charge in [0.15, 0.2) is 0 Å². The first-order valence-corrected chi connectivity index (χ1v) is 9.06. The topological polar surface area (TPSA) is 74.3 Å². The van der Waals surface area contributed by atoms with Crippen LogP contribution in [-0.2, 0) is 0 Å². The molecule has 1 aromatic carbocycles. The number of rotatable bonds is 3. The number of anilines is 1. The molecule has 0 aliphatic carbocycles. The molecule has 1 aliphatic heterocycles. The van der Waals surface area contributed by atoms with Crippen molar-refractivity contribution in [2.45, 2.75) is 18.9 Å². The molecule has 2 aromatic heterocycles. The monoisotopic (exact) mass is 402 g/mol. The fourth-order valence-corrected chi connectivity index (χ4v) is 3.54. The van der Waals surface area contributed by atoms with Crippen molar-refractivity contribution in [3.8, 4) is 17.3 Å². The number of piperidine rings is 1. The number of imidazole rings is 1. The maximum absolute atomic E-state index is 9.68. The SMILES string of the molecule is COc1ncc(Br)cc1-c1nc2ccc(N3CCC(O)CC3)cc2[nH]1. The van der Waals surface area contributed by atoms with Crippen molar-refractivity contribution in [1.29, 1.82) is 0 Å². The number of pyridine rings is 1. The third-order valence-corrected chi connectivity index (χ3v) is 4.99. The van der Waals surface area contributed by atoms with Crippen molar-refractivity contribution in [3.05, 3.63) is 34.9 Å². The summed E-state index contributed by atoms with van der Waals surface area (Å²) in [6, 6.07) is 8.16. The number of H-pyrrole nitrogens is 1. The van der Waals surface area contributed by atoms with E-state index in [1.807, 2.05) is 12.1 Å². The van der Waals surface area contributed by atoms with Gasteiger partial charge in [0.1, 0.15) is 5.82 Å². The smallest absolute Gasteiger partial charge is 0.224 e. The number of hydrogen-bond acceptors (Lipinski definition) is 5. The van der Waals surface area contributed by atoms with Crippen LogP contribution in [0.25, 0.3) is 22.4 Å². The lowest BCUT2D eigenvalue weighted by atomic mass is 10.1. The Hall–Kier alpha value is -2.12. The van der Waals surface area contributed by atoms with Crippen LogP contribution in [0.1, 0.15) is 12.8 Å². The lowest BCUT2D eigenvalue weighted by Crippen LogP contribution is -2.35. The first-order chi connectivity index (χ1) is 12.1. The summed E-state index contributed by atoms with van der Waals surface area (Å²) < 4.78 is 6.23. The van der Waals surface area contributed by atoms with Gasteiger partial charge in [0.25, 0.3) is 0 Å². The Kier molecular flexibility index (Phi) is 4.35. The summed E-state index contributed by atoms with van der Waals surface area (Å²) in [6.07, 6.45) is 3.16. The molecule has 130 valence electrons. The van der Waals surface area contributed by atoms with Crippen LogP contribution in [0.5, 0.6) is 5.88 Å². The fourth-order valence-electron chi connectivity index (χ4n) is 3.20. The number of aliphatic hydroxyl groups excluding tert-OH is 1. The van der Waals surface area contributed by atoms with E-state index >= 15 is 0 Å². The van der Waals surface area contributed by atoms with Gasteiger partial charge in [-0.2, -0.15) is 0 Å². The number of nitrogens with zero attached hydrogens (tertiary/aromatic N) is 3. The molecular weight excluding hydrogens is 384 g/mol. The van der Waals surface area contributed by atoms with Crippen molar-refractivity contribution in [2.75, 3.05) is 25.1 Å². The zero-order valence-electron chi connectivity index (χ0n) is 13.9. The van der Waals surface area contributed by atoms with E-state index in [-0.39, 0.29) is 6.10 Å². The minimum absolute atomic E-state index is 0.171. The van der Waals surface area contributed by atoms with Gasteiger partial charge < -0.3 is 19.7 Å². The molecule has 1 aliphatic rings. The number of aromatic nitrogens is 3. The predicted molar refractivity (Wildman–Crippen MR) is 101 cm³/mol. The van der Waals surface area contributed by atoms with Gasteiger partial charge in [-0.25, -0.2) is 9.97 Å². The van der Waals surface area contributed by atoms with Gasteiger partial charge in [-0.1, -0.05) is 0 Å². The molecule has 3 aromatic rings. The lowest BCUT2D eigenvalue weighted by Gasteiger charge is -2.31. The van der Waals surface area contributed by atoms with Gasteiger partial charge in [-0.3, -0.25) is 0 Å². The molecule has 0 radical (unpaired) electrons. The third-order valence-electron chi connectivity index (χ3n) is 4.56. The minimum Gasteiger partial charge on any atom is -0.480 e. The van der Waals surface area contributed by atoms with Gasteiger partial charge in [-0.05, 0) is 53.0 Å². The largest absolute Gasteiger partial charge is 0.480 e. The number of fused-ring (bicyclic) bond motifs is 1. The highest BCUT2D eigenvalue weighted by atomic mass is 79.9. The molecule has 0 saturated carbocycles. The Bertz CT molecular complexity index is 903. The van der Waals surface area contributed by atoms with E-state index in [0.717, 1.165) is 58.5 Å². The van der Waals surface area contributed by atoms with Crippen LogP contribution < -0.4 is 9.64 Å². The molecular formula is C18H19BrN4O2. The number of halogens is 1. The first-order valence-electron chi connectivity index (χ1n) is 8.27. The summed E-state index contributed by atoms with van der Waals surface area (Å²) in [5.74, 6) is 1.26. The first kappa shape index (κ1) is 16.4. The standard InChI is InChI=1S/C18H19BrN4O2/c1-25-18-14(8-11(19)10-20-18)17-21-15-3-2-12(9-16(15)22-17)23-6-4-13(24)5-7-23/h2-3,8-10,13,24H,4-7H2,1H3,(H,21,22). The zero-order chi connectivity index (χ0) is 17.4. The fraction of sp³-hybridized carbons (Fsp3) is 0.333. The molecule has 1 fully saturated rings. The van der Waals surface area contributed by atoms with Gasteiger partial charge in [-0.15, -0.1) is 0 Å². The summed E-state index contributed by atoms with van der Waals surface area (Å²) in [5.41, 5.74) is 3.84. The van der Waals surface area contributed by atoms with Crippen LogP contribution in [0.15, 0.2) is 34.9 Å². The molecule has 3 heterocycles. The second-order valence-corrected chi connectivity index (χ2v) is 7.13. The van der Waals surface area contributed by atoms with Crippen LogP contribution in [-0.4, -0.2) is 46.4 Å². The average Bonchev–Trinajstić information content (AvgIpc) is 3.05. The molecule has 1 saturated heterocycles. The van der Waals surface area contributed by atoms with Crippen LogP contribution in [0.4, 0.5) is 5.69 Å². The number of aromatic amines is 1. The molecule has 0 spiro atoms. The lowest BCUT2D eigenvalue weighted by molar-refractivity contribution is 0.145. The number of hydrogen-bond donors (Lipinski definition) is 2. The van der Waals surface area contributed by atoms with Gasteiger partial charge in [0.2, 0.25) is 5.88 Å². The molecule has 0 amide bonds. The number of ether oxygens (including phenoxy) is 1. The number of aliphatic hydroxyl groups is 1. The summed E-state index contributed by atoms with van der Waals surface area (Å²) in [6.45, 7) is 1.74. The second kappa shape index (κ2) is 6.65. The van der Waals surface area contributed by atoms with Crippen molar-refractivity contribution >= 4 is 32.7 Å². The van der Waals surface area contributed by atoms with E-state index in [2.05, 4.69) is 47.9 Å². The Morgan fingerprint density at radius 1 is 1.28 bits per heavy atom. The molecule has 0 atom stereocenters. The Balaban J connectivity index is 1.70. The summed E-state index contributed by atoms with van der Waals surface area (Å²) in [4.78, 5) is 14.6. The van der Waals surface area contributed by atoms with E-state index in [0.29, 0.717) is 5.88 Å². The van der Waals surface area contributed by atoms with Crippen LogP contribution in [0.3, 0.4) is 0 Å². The molecule has 0 bridgehead atoms. The second-order valence-electron chi connectivity index (χ2n) is 6.22. The number of nitrogens with one attached hydrogen (secondary N) is 1. The Morgan fingerprint density at radius 3 is 2.84 bits per heavy atom. The molecule has 6 nitrogen and oxygen atoms in total. The highest BCUT2D eigenvalue weighted by molar-refractivity contribution is 9.10. The van der Waals surface area contributed by atoms with Crippen molar-refractivity contribution in [3.63, 3.8) is 0 Å². The molecule has 7 heteroatoms. The Labute approximate surface area is 154 Å². The Morgan fingerprint density at radius 2 is 2.08 bits per heavy atom. The highest BCUT2D eigenvalue weighted by Gasteiger charge is 2.18. The van der Waals surface area contributed by atoms with Gasteiger partial charge in [0.05, 0.1) is 29.8 Å². The molecule has 2 N–H and O–H groups in total. The quantitative estimate of drug-likeness (QED) is 0.702. The maximum atomic E-state index is 9.68. The van der Waals surface area contributed by atoms with E-state index in [4.69, 9.17) is 4.74 Å². The number of benzene rings is 1. The number of methoxy groups -OCH3 is 1. The minimum atomic E-state index is -0.171. The molecule has 25 heavy (non-hydrogen) atoms. The van der Waals surface area contributed by atoms with Gasteiger partial charge in [0, 0.05) is 29.4 Å². The normalized spacial score (nSPS) is 15.7. The van der Waals surface area contributed by atoms with Gasteiger partial charge >= 0.3 is 0 Å². The van der Waals surface area contributed by atoms with Crippen molar-refractivity contribution in [2.24, 2.45) is 0 Å². The van der Waals surface area contributed by atoms with E-state index in [9.17, 15) is 5.11 Å². The highest BCUT2D eigenvalue weighted by Crippen LogP contribution is 2.31. The van der Waals surface area contributed by atoms with Crippen molar-refractivity contribution < 1.29 is 9.84 Å². The predicted octanol–water partition coefficient (Wildman–Crippen LogP) is 3.36. The summed E-state index contributed by atoms with van der Waals surface area (Å²) in [5, 5.41) is 9.68. The third kappa shape index (κ3) is 3.21. The van der Waals surface area contributed by atoms with E-state index < -0.39 is 0 Å². The summed E-state index contributed by atoms with van der Waals surface area (Å²) in [7, 11) is 1.60. The van der Waals surface area contributed by atoms with Crippen LogP contribution in [0, 0.1) is 0 Å². The zero-order valence-corrected chi connectivity index (χ0v) is 15.5. The van der Waals surface area contributed by atoms with Crippen LogP contribution in [0.2, 0.25) is 0 Å². The molecule has 0 unspecified atom stereocenters. The van der Waals surface area contributed by atoms with E-state index in [1.54, 1.807) is 13.3 Å². The average molecular weight is 403 g/mol. The maximum Gasteiger partial charge on any atom is 0.224 e.